The molecule has 6 heteroatoms. The molecule has 1 unspecified atom stereocenters. The minimum Gasteiger partial charge on any atom is -0.396 e. The normalized spacial score (nSPS) is 12.3. The first-order valence-corrected chi connectivity index (χ1v) is 5.84. The third kappa shape index (κ3) is 2.95. The number of aliphatic hydroxyl groups is 1. The lowest BCUT2D eigenvalue weighted by atomic mass is 10.1. The Morgan fingerprint density at radius 3 is 2.50 bits per heavy atom. The number of rotatable bonds is 5. The summed E-state index contributed by atoms with van der Waals surface area (Å²) in [5.41, 5.74) is 1.57. The molecule has 0 aliphatic rings. The molecule has 1 aromatic rings. The van der Waals surface area contributed by atoms with Gasteiger partial charge in [-0.2, -0.15) is 5.10 Å². The zero-order valence-electron chi connectivity index (χ0n) is 11.1. The van der Waals surface area contributed by atoms with Gasteiger partial charge in [-0.15, -0.1) is 0 Å². The van der Waals surface area contributed by atoms with E-state index in [1.807, 2.05) is 0 Å². The number of carbonyl (C=O) groups excluding carboxylic acids is 2. The lowest BCUT2D eigenvalue weighted by molar-refractivity contribution is -0.117. The van der Waals surface area contributed by atoms with Crippen molar-refractivity contribution < 1.29 is 14.7 Å². The summed E-state index contributed by atoms with van der Waals surface area (Å²) in [5.74, 6) is -1.24. The van der Waals surface area contributed by atoms with Gasteiger partial charge in [-0.25, -0.2) is 0 Å². The van der Waals surface area contributed by atoms with E-state index in [1.54, 1.807) is 32.5 Å². The summed E-state index contributed by atoms with van der Waals surface area (Å²) >= 11 is 0. The molecule has 1 rings (SSSR count). The number of nitrogens with zero attached hydrogens (tertiary/aromatic N) is 2. The Bertz CT molecular complexity index is 465. The van der Waals surface area contributed by atoms with Crippen molar-refractivity contribution in [3.63, 3.8) is 0 Å². The molecule has 1 atom stereocenters. The molecule has 0 spiro atoms. The first-order valence-electron chi connectivity index (χ1n) is 5.84. The summed E-state index contributed by atoms with van der Waals surface area (Å²) in [6, 6.07) is -0.233. The number of hydrogen-bond donors (Lipinski definition) is 2. The summed E-state index contributed by atoms with van der Waals surface area (Å²) in [7, 11) is 1.73. The van der Waals surface area contributed by atoms with Gasteiger partial charge in [-0.05, 0) is 27.2 Å². The largest absolute Gasteiger partial charge is 0.396 e. The van der Waals surface area contributed by atoms with Crippen molar-refractivity contribution in [3.05, 3.63) is 17.0 Å². The third-order valence-corrected chi connectivity index (χ3v) is 2.88. The fourth-order valence-corrected chi connectivity index (χ4v) is 1.77. The van der Waals surface area contributed by atoms with Crippen molar-refractivity contribution in [1.29, 1.82) is 0 Å². The second kappa shape index (κ2) is 5.77. The first kappa shape index (κ1) is 14.4. The van der Waals surface area contributed by atoms with Crippen molar-refractivity contribution in [2.24, 2.45) is 7.05 Å². The van der Waals surface area contributed by atoms with Crippen LogP contribution in [0, 0.1) is 13.8 Å². The van der Waals surface area contributed by atoms with Gasteiger partial charge in [0.25, 0.3) is 11.7 Å². The third-order valence-electron chi connectivity index (χ3n) is 2.88. The molecule has 0 aromatic carbocycles. The minimum atomic E-state index is -0.657. The highest BCUT2D eigenvalue weighted by atomic mass is 16.3. The highest BCUT2D eigenvalue weighted by Crippen LogP contribution is 2.12. The average Bonchev–Trinajstić information content (AvgIpc) is 2.52. The molecule has 100 valence electrons. The molecular formula is C12H19N3O3. The number of amides is 1. The highest BCUT2D eigenvalue weighted by Gasteiger charge is 2.24. The van der Waals surface area contributed by atoms with Crippen LogP contribution in [-0.2, 0) is 11.8 Å². The van der Waals surface area contributed by atoms with Crippen LogP contribution < -0.4 is 5.32 Å². The molecule has 0 saturated carbocycles. The lowest BCUT2D eigenvalue weighted by Gasteiger charge is -2.11. The number of nitrogens with one attached hydrogen (secondary N) is 1. The summed E-state index contributed by atoms with van der Waals surface area (Å²) in [5, 5.41) is 15.4. The van der Waals surface area contributed by atoms with Crippen LogP contribution in [0.5, 0.6) is 0 Å². The second-order valence-corrected chi connectivity index (χ2v) is 4.39. The SMILES string of the molecule is Cc1nn(C)c(C)c1C(=O)C(=O)NC(C)CCO. The van der Waals surface area contributed by atoms with E-state index in [0.29, 0.717) is 23.4 Å². The average molecular weight is 253 g/mol. The van der Waals surface area contributed by atoms with E-state index in [-0.39, 0.29) is 12.6 Å². The van der Waals surface area contributed by atoms with Crippen LogP contribution in [0.1, 0.15) is 35.1 Å². The molecule has 0 saturated heterocycles. The minimum absolute atomic E-state index is 0.0272. The Morgan fingerprint density at radius 1 is 1.44 bits per heavy atom. The molecule has 0 bridgehead atoms. The molecule has 18 heavy (non-hydrogen) atoms. The van der Waals surface area contributed by atoms with Gasteiger partial charge in [0.1, 0.15) is 0 Å². The maximum Gasteiger partial charge on any atom is 0.292 e. The number of ketones is 1. The number of aliphatic hydroxyl groups excluding tert-OH is 1. The predicted octanol–water partition coefficient (Wildman–Crippen LogP) is 0.107. The Labute approximate surface area is 106 Å². The molecule has 6 nitrogen and oxygen atoms in total. The number of carbonyl (C=O) groups is 2. The lowest BCUT2D eigenvalue weighted by Crippen LogP contribution is -2.38. The summed E-state index contributed by atoms with van der Waals surface area (Å²) in [4.78, 5) is 23.8. The van der Waals surface area contributed by atoms with E-state index >= 15 is 0 Å². The van der Waals surface area contributed by atoms with Crippen LogP contribution in [0.2, 0.25) is 0 Å². The van der Waals surface area contributed by atoms with Crippen LogP contribution in [0.3, 0.4) is 0 Å². The van der Waals surface area contributed by atoms with E-state index in [9.17, 15) is 9.59 Å². The quantitative estimate of drug-likeness (QED) is 0.576. The van der Waals surface area contributed by atoms with E-state index in [1.165, 1.54) is 0 Å². The Hall–Kier alpha value is -1.69. The molecule has 0 fully saturated rings. The van der Waals surface area contributed by atoms with E-state index in [4.69, 9.17) is 5.11 Å². The van der Waals surface area contributed by atoms with Crippen molar-refractivity contribution in [3.8, 4) is 0 Å². The molecule has 1 heterocycles. The van der Waals surface area contributed by atoms with Crippen LogP contribution in [0.25, 0.3) is 0 Å². The van der Waals surface area contributed by atoms with Crippen molar-refractivity contribution in [2.75, 3.05) is 6.61 Å². The zero-order valence-corrected chi connectivity index (χ0v) is 11.1. The van der Waals surface area contributed by atoms with Gasteiger partial charge in [0, 0.05) is 25.4 Å². The zero-order chi connectivity index (χ0) is 13.9. The van der Waals surface area contributed by atoms with Crippen LogP contribution in [-0.4, -0.2) is 39.2 Å². The number of aromatic nitrogens is 2. The van der Waals surface area contributed by atoms with Gasteiger partial charge < -0.3 is 10.4 Å². The fraction of sp³-hybridized carbons (Fsp3) is 0.583. The Kier molecular flexibility index (Phi) is 4.61. The molecule has 0 aliphatic carbocycles. The standard InChI is InChI=1S/C12H19N3O3/c1-7(5-6-16)13-12(18)11(17)10-8(2)14-15(4)9(10)3/h7,16H,5-6H2,1-4H3,(H,13,18). The Balaban J connectivity index is 2.84. The van der Waals surface area contributed by atoms with Crippen molar-refractivity contribution in [2.45, 2.75) is 33.2 Å². The maximum atomic E-state index is 12.0. The van der Waals surface area contributed by atoms with Gasteiger partial charge in [-0.3, -0.25) is 14.3 Å². The fourth-order valence-electron chi connectivity index (χ4n) is 1.77. The van der Waals surface area contributed by atoms with E-state index in [0.717, 1.165) is 0 Å². The number of Topliss-reactive ketones (excluding diaryl/α,β-unsaturated/α-hetero) is 1. The molecular weight excluding hydrogens is 234 g/mol. The number of hydrogen-bond acceptors (Lipinski definition) is 4. The van der Waals surface area contributed by atoms with Crippen molar-refractivity contribution >= 4 is 11.7 Å². The van der Waals surface area contributed by atoms with Gasteiger partial charge in [0.05, 0.1) is 11.3 Å². The highest BCUT2D eigenvalue weighted by molar-refractivity contribution is 6.43. The van der Waals surface area contributed by atoms with Gasteiger partial charge in [0.2, 0.25) is 0 Å². The summed E-state index contributed by atoms with van der Waals surface area (Å²) in [6.45, 7) is 5.16. The van der Waals surface area contributed by atoms with Crippen LogP contribution in [0.4, 0.5) is 0 Å². The second-order valence-electron chi connectivity index (χ2n) is 4.39. The summed E-state index contributed by atoms with van der Waals surface area (Å²) in [6.07, 6.45) is 0.421. The molecule has 0 radical (unpaired) electrons. The maximum absolute atomic E-state index is 12.0. The van der Waals surface area contributed by atoms with Gasteiger partial charge in [0.15, 0.2) is 0 Å². The molecule has 1 amide bonds. The van der Waals surface area contributed by atoms with E-state index in [2.05, 4.69) is 10.4 Å². The van der Waals surface area contributed by atoms with Gasteiger partial charge in [-0.1, -0.05) is 0 Å². The van der Waals surface area contributed by atoms with Crippen LogP contribution in [0.15, 0.2) is 0 Å². The van der Waals surface area contributed by atoms with Gasteiger partial charge >= 0.3 is 0 Å². The Morgan fingerprint density at radius 2 is 2.06 bits per heavy atom. The monoisotopic (exact) mass is 253 g/mol. The molecule has 2 N–H and O–H groups in total. The van der Waals surface area contributed by atoms with Crippen LogP contribution >= 0.6 is 0 Å². The smallest absolute Gasteiger partial charge is 0.292 e. The molecule has 1 aromatic heterocycles. The van der Waals surface area contributed by atoms with Crippen molar-refractivity contribution in [1.82, 2.24) is 15.1 Å². The predicted molar refractivity (Wildman–Crippen MR) is 66.3 cm³/mol. The molecule has 0 aliphatic heterocycles. The topological polar surface area (TPSA) is 84.2 Å². The summed E-state index contributed by atoms with van der Waals surface area (Å²) < 4.78 is 1.58. The first-order chi connectivity index (χ1) is 8.38. The number of aryl methyl sites for hydroxylation is 2. The van der Waals surface area contributed by atoms with E-state index < -0.39 is 11.7 Å².